The molecule has 0 spiro atoms. The Bertz CT molecular complexity index is 1090. The van der Waals surface area contributed by atoms with Gasteiger partial charge in [-0.3, -0.25) is 4.90 Å². The Morgan fingerprint density at radius 2 is 1.60 bits per heavy atom. The molecule has 3 fully saturated rings. The van der Waals surface area contributed by atoms with Crippen molar-refractivity contribution in [3.63, 3.8) is 0 Å². The van der Waals surface area contributed by atoms with Crippen LogP contribution in [-0.4, -0.2) is 106 Å². The number of nitrogens with zero attached hydrogens (tertiary/aromatic N) is 4. The molecule has 0 aliphatic carbocycles. The molecule has 3 aliphatic heterocycles. The Balaban J connectivity index is 1.28. The summed E-state index contributed by atoms with van der Waals surface area (Å²) in [7, 11) is -4.98. The first-order valence-electron chi connectivity index (χ1n) is 12.5. The second-order valence-electron chi connectivity index (χ2n) is 9.91. The third-order valence-corrected chi connectivity index (χ3v) is 12.2. The van der Waals surface area contributed by atoms with Crippen molar-refractivity contribution < 1.29 is 16.8 Å². The van der Waals surface area contributed by atoms with Crippen LogP contribution in [0.5, 0.6) is 0 Å². The van der Waals surface area contributed by atoms with Gasteiger partial charge in [0.15, 0.2) is 0 Å². The van der Waals surface area contributed by atoms with Crippen molar-refractivity contribution in [2.75, 3.05) is 58.6 Å². The minimum Gasteiger partial charge on any atom is -0.306 e. The molecular weight excluding hydrogens is 531 g/mol. The highest BCUT2D eigenvalue weighted by Gasteiger charge is 2.37. The molecule has 35 heavy (non-hydrogen) atoms. The van der Waals surface area contributed by atoms with E-state index in [0.29, 0.717) is 43.5 Å². The molecule has 0 aromatic heterocycles. The van der Waals surface area contributed by atoms with Gasteiger partial charge in [-0.25, -0.2) is 16.8 Å². The highest BCUT2D eigenvalue weighted by atomic mass is 35.5. The first-order chi connectivity index (χ1) is 16.6. The lowest BCUT2D eigenvalue weighted by molar-refractivity contribution is 0.0892. The third kappa shape index (κ3) is 6.52. The summed E-state index contributed by atoms with van der Waals surface area (Å²) < 4.78 is 55.6. The molecule has 0 saturated carbocycles. The van der Waals surface area contributed by atoms with E-state index in [9.17, 15) is 16.8 Å². The summed E-state index contributed by atoms with van der Waals surface area (Å²) >= 11 is 12.1. The Kier molecular flexibility index (Phi) is 9.07. The van der Waals surface area contributed by atoms with Gasteiger partial charge in [0, 0.05) is 49.8 Å². The van der Waals surface area contributed by atoms with Gasteiger partial charge in [-0.1, -0.05) is 23.2 Å². The van der Waals surface area contributed by atoms with E-state index >= 15 is 0 Å². The highest BCUT2D eigenvalue weighted by molar-refractivity contribution is 7.89. The van der Waals surface area contributed by atoms with Crippen molar-refractivity contribution in [2.24, 2.45) is 0 Å². The Morgan fingerprint density at radius 1 is 0.914 bits per heavy atom. The molecular formula is C23H36Cl2N4O4S2. The summed E-state index contributed by atoms with van der Waals surface area (Å²) in [6.45, 7) is 5.25. The van der Waals surface area contributed by atoms with Crippen LogP contribution in [-0.2, 0) is 20.0 Å². The first-order valence-corrected chi connectivity index (χ1v) is 16.3. The van der Waals surface area contributed by atoms with Crippen LogP contribution in [0.25, 0.3) is 0 Å². The summed E-state index contributed by atoms with van der Waals surface area (Å²) in [5, 5.41) is 0.481. The number of likely N-dealkylation sites (tertiary alicyclic amines) is 1. The number of halogens is 2. The van der Waals surface area contributed by atoms with Crippen LogP contribution in [0.2, 0.25) is 10.0 Å². The number of hydrogen-bond acceptors (Lipinski definition) is 6. The van der Waals surface area contributed by atoms with Gasteiger partial charge in [-0.15, -0.1) is 0 Å². The van der Waals surface area contributed by atoms with Gasteiger partial charge in [0.1, 0.15) is 4.90 Å². The van der Waals surface area contributed by atoms with Gasteiger partial charge in [0.2, 0.25) is 20.0 Å². The van der Waals surface area contributed by atoms with Crippen LogP contribution in [0.3, 0.4) is 0 Å². The first kappa shape index (κ1) is 27.6. The molecule has 8 nitrogen and oxygen atoms in total. The average molecular weight is 568 g/mol. The molecule has 3 aliphatic rings. The van der Waals surface area contributed by atoms with Gasteiger partial charge < -0.3 is 4.90 Å². The summed E-state index contributed by atoms with van der Waals surface area (Å²) in [6.07, 6.45) is 4.71. The maximum absolute atomic E-state index is 13.2. The van der Waals surface area contributed by atoms with Crippen molar-refractivity contribution >= 4 is 43.2 Å². The van der Waals surface area contributed by atoms with Gasteiger partial charge in [0.25, 0.3) is 0 Å². The van der Waals surface area contributed by atoms with Crippen LogP contribution < -0.4 is 0 Å². The molecule has 1 aromatic rings. The van der Waals surface area contributed by atoms with E-state index in [-0.39, 0.29) is 21.7 Å². The average Bonchev–Trinajstić information content (AvgIpc) is 3.29. The fourth-order valence-corrected chi connectivity index (χ4v) is 9.54. The molecule has 0 N–H and O–H groups in total. The minimum atomic E-state index is -3.77. The SMILES string of the molecule is CN1CCC(N2CCN(S(=O)(=O)CCCC3CCCN3S(=O)(=O)c3ccc(Cl)cc3Cl)CC2)CC1. The minimum absolute atomic E-state index is 0.0468. The quantitative estimate of drug-likeness (QED) is 0.481. The molecule has 3 heterocycles. The van der Waals surface area contributed by atoms with E-state index in [2.05, 4.69) is 16.8 Å². The van der Waals surface area contributed by atoms with Crippen LogP contribution >= 0.6 is 23.2 Å². The molecule has 0 radical (unpaired) electrons. The van der Waals surface area contributed by atoms with Gasteiger partial charge in [0.05, 0.1) is 10.8 Å². The number of piperidine rings is 1. The molecule has 1 unspecified atom stereocenters. The van der Waals surface area contributed by atoms with Gasteiger partial charge in [-0.2, -0.15) is 8.61 Å². The fraction of sp³-hybridized carbons (Fsp3) is 0.739. The Hall–Kier alpha value is -0.460. The number of benzene rings is 1. The third-order valence-electron chi connectivity index (χ3n) is 7.61. The second kappa shape index (κ2) is 11.5. The normalized spacial score (nSPS) is 24.8. The van der Waals surface area contributed by atoms with E-state index in [0.717, 1.165) is 51.9 Å². The molecule has 0 bridgehead atoms. The topological polar surface area (TPSA) is 81.2 Å². The zero-order valence-corrected chi connectivity index (χ0v) is 23.4. The van der Waals surface area contributed by atoms with Crippen molar-refractivity contribution in [3.8, 4) is 0 Å². The Labute approximate surface area is 220 Å². The smallest absolute Gasteiger partial charge is 0.244 e. The lowest BCUT2D eigenvalue weighted by Crippen LogP contribution is -2.54. The van der Waals surface area contributed by atoms with E-state index in [4.69, 9.17) is 23.2 Å². The summed E-state index contributed by atoms with van der Waals surface area (Å²) in [5.74, 6) is 0.0489. The van der Waals surface area contributed by atoms with Crippen LogP contribution in [0, 0.1) is 0 Å². The van der Waals surface area contributed by atoms with E-state index in [1.54, 1.807) is 4.31 Å². The fourth-order valence-electron chi connectivity index (χ4n) is 5.56. The predicted octanol–water partition coefficient (Wildman–Crippen LogP) is 2.97. The predicted molar refractivity (Wildman–Crippen MR) is 140 cm³/mol. The highest BCUT2D eigenvalue weighted by Crippen LogP contribution is 2.33. The van der Waals surface area contributed by atoms with Crippen molar-refractivity contribution in [2.45, 2.75) is 55.5 Å². The number of hydrogen-bond donors (Lipinski definition) is 0. The van der Waals surface area contributed by atoms with Crippen LogP contribution in [0.15, 0.2) is 23.1 Å². The number of rotatable bonds is 8. The molecule has 1 aromatic carbocycles. The second-order valence-corrected chi connectivity index (χ2v) is 14.7. The van der Waals surface area contributed by atoms with Crippen molar-refractivity contribution in [3.05, 3.63) is 28.2 Å². The van der Waals surface area contributed by atoms with Gasteiger partial charge in [-0.05, 0) is 76.9 Å². The monoisotopic (exact) mass is 566 g/mol. The van der Waals surface area contributed by atoms with Crippen molar-refractivity contribution in [1.29, 1.82) is 0 Å². The van der Waals surface area contributed by atoms with E-state index < -0.39 is 20.0 Å². The van der Waals surface area contributed by atoms with Crippen molar-refractivity contribution in [1.82, 2.24) is 18.4 Å². The lowest BCUT2D eigenvalue weighted by atomic mass is 10.0. The summed E-state index contributed by atoms with van der Waals surface area (Å²) in [5.41, 5.74) is 0. The van der Waals surface area contributed by atoms with Crippen LogP contribution in [0.4, 0.5) is 0 Å². The molecule has 1 atom stereocenters. The molecule has 0 amide bonds. The molecule has 12 heteroatoms. The Morgan fingerprint density at radius 3 is 2.26 bits per heavy atom. The maximum Gasteiger partial charge on any atom is 0.244 e. The number of sulfonamides is 2. The molecule has 4 rings (SSSR count). The zero-order chi connectivity index (χ0) is 25.2. The maximum atomic E-state index is 13.2. The largest absolute Gasteiger partial charge is 0.306 e. The molecule has 198 valence electrons. The summed E-state index contributed by atoms with van der Waals surface area (Å²) in [4.78, 5) is 4.84. The number of piperazine rings is 1. The van der Waals surface area contributed by atoms with E-state index in [1.807, 2.05) is 0 Å². The summed E-state index contributed by atoms with van der Waals surface area (Å²) in [6, 6.07) is 4.72. The zero-order valence-electron chi connectivity index (χ0n) is 20.3. The molecule has 3 saturated heterocycles. The lowest BCUT2D eigenvalue weighted by Gasteiger charge is -2.41. The standard InChI is InChI=1S/C23H36Cl2N4O4S2/c1-26-11-8-20(9-12-26)27-13-15-28(16-14-27)34(30,31)17-3-5-21-4-2-10-29(21)35(32,33)23-7-6-19(24)18-22(23)25/h6-7,18,20-21H,2-5,8-17H2,1H3. The van der Waals surface area contributed by atoms with Crippen LogP contribution in [0.1, 0.15) is 38.5 Å². The van der Waals surface area contributed by atoms with E-state index in [1.165, 1.54) is 22.5 Å². The van der Waals surface area contributed by atoms with Gasteiger partial charge >= 0.3 is 0 Å².